The van der Waals surface area contributed by atoms with Crippen molar-refractivity contribution in [3.8, 4) is 5.75 Å². The van der Waals surface area contributed by atoms with Crippen molar-refractivity contribution in [2.24, 2.45) is 0 Å². The number of nitro benzene ring substituents is 1. The van der Waals surface area contributed by atoms with E-state index < -0.39 is 10.8 Å². The van der Waals surface area contributed by atoms with Crippen molar-refractivity contribution in [2.75, 3.05) is 12.4 Å². The Labute approximate surface area is 130 Å². The monoisotopic (exact) mass is 312 g/mol. The molecule has 23 heavy (non-hydrogen) atoms. The van der Waals surface area contributed by atoms with E-state index in [4.69, 9.17) is 4.74 Å². The number of nitro groups is 1. The van der Waals surface area contributed by atoms with Crippen LogP contribution in [0.3, 0.4) is 0 Å². The fourth-order valence-electron chi connectivity index (χ4n) is 2.16. The number of fused-ring (bicyclic) bond motifs is 1. The number of H-pyrrole nitrogens is 1. The van der Waals surface area contributed by atoms with E-state index in [0.29, 0.717) is 5.95 Å². The molecule has 0 aliphatic carbocycles. The molecule has 0 saturated carbocycles. The van der Waals surface area contributed by atoms with Crippen LogP contribution < -0.4 is 10.1 Å². The summed E-state index contributed by atoms with van der Waals surface area (Å²) in [5.74, 6) is -0.127. The van der Waals surface area contributed by atoms with Gasteiger partial charge in [0.2, 0.25) is 5.95 Å². The summed E-state index contributed by atoms with van der Waals surface area (Å²) in [5, 5.41) is 13.5. The third kappa shape index (κ3) is 2.82. The van der Waals surface area contributed by atoms with Crippen LogP contribution in [0.25, 0.3) is 11.0 Å². The van der Waals surface area contributed by atoms with Gasteiger partial charge in [-0.25, -0.2) is 4.98 Å². The summed E-state index contributed by atoms with van der Waals surface area (Å²) < 4.78 is 4.95. The Morgan fingerprint density at radius 2 is 2.09 bits per heavy atom. The number of amides is 1. The zero-order valence-electron chi connectivity index (χ0n) is 12.1. The summed E-state index contributed by atoms with van der Waals surface area (Å²) in [4.78, 5) is 29.7. The van der Waals surface area contributed by atoms with Crippen molar-refractivity contribution in [3.05, 3.63) is 58.1 Å². The van der Waals surface area contributed by atoms with Crippen LogP contribution in [-0.4, -0.2) is 27.9 Å². The molecule has 0 fully saturated rings. The quantitative estimate of drug-likeness (QED) is 0.568. The van der Waals surface area contributed by atoms with E-state index in [2.05, 4.69) is 15.3 Å². The highest BCUT2D eigenvalue weighted by Crippen LogP contribution is 2.27. The average Bonchev–Trinajstić information content (AvgIpc) is 2.96. The highest BCUT2D eigenvalue weighted by Gasteiger charge is 2.18. The van der Waals surface area contributed by atoms with E-state index in [-0.39, 0.29) is 17.0 Å². The first-order chi connectivity index (χ1) is 11.1. The van der Waals surface area contributed by atoms with Gasteiger partial charge in [-0.3, -0.25) is 20.2 Å². The first-order valence-corrected chi connectivity index (χ1v) is 6.67. The van der Waals surface area contributed by atoms with Gasteiger partial charge in [0, 0.05) is 17.7 Å². The van der Waals surface area contributed by atoms with Crippen LogP contribution in [-0.2, 0) is 0 Å². The van der Waals surface area contributed by atoms with Gasteiger partial charge in [0.1, 0.15) is 0 Å². The second-order valence-electron chi connectivity index (χ2n) is 4.70. The lowest BCUT2D eigenvalue weighted by Gasteiger charge is -2.05. The van der Waals surface area contributed by atoms with Crippen LogP contribution in [0.4, 0.5) is 11.6 Å². The number of ether oxygens (including phenoxy) is 1. The van der Waals surface area contributed by atoms with Crippen molar-refractivity contribution in [2.45, 2.75) is 0 Å². The molecule has 2 aromatic carbocycles. The Balaban J connectivity index is 1.86. The second kappa shape index (κ2) is 5.76. The number of carbonyl (C=O) groups excluding carboxylic acids is 1. The van der Waals surface area contributed by atoms with Gasteiger partial charge in [0.15, 0.2) is 5.75 Å². The number of para-hydroxylation sites is 2. The topological polar surface area (TPSA) is 110 Å². The number of nitrogens with one attached hydrogen (secondary N) is 2. The van der Waals surface area contributed by atoms with Crippen LogP contribution in [0.5, 0.6) is 5.75 Å². The minimum atomic E-state index is -0.570. The molecule has 0 radical (unpaired) electrons. The zero-order valence-corrected chi connectivity index (χ0v) is 12.1. The molecule has 8 nitrogen and oxygen atoms in total. The molecule has 0 bridgehead atoms. The number of methoxy groups -OCH3 is 1. The maximum atomic E-state index is 12.2. The summed E-state index contributed by atoms with van der Waals surface area (Å²) in [6.45, 7) is 0. The van der Waals surface area contributed by atoms with E-state index in [9.17, 15) is 14.9 Å². The minimum Gasteiger partial charge on any atom is -0.490 e. The number of imidazole rings is 1. The highest BCUT2D eigenvalue weighted by atomic mass is 16.6. The molecule has 0 spiro atoms. The number of nitrogens with zero attached hydrogens (tertiary/aromatic N) is 2. The molecule has 2 N–H and O–H groups in total. The average molecular weight is 312 g/mol. The van der Waals surface area contributed by atoms with Crippen molar-refractivity contribution in [1.29, 1.82) is 0 Å². The number of benzene rings is 2. The van der Waals surface area contributed by atoms with Crippen molar-refractivity contribution < 1.29 is 14.5 Å². The Bertz CT molecular complexity index is 870. The smallest absolute Gasteiger partial charge is 0.310 e. The second-order valence-corrected chi connectivity index (χ2v) is 4.70. The molecular formula is C15H12N4O4. The number of aromatic nitrogens is 2. The summed E-state index contributed by atoms with van der Waals surface area (Å²) in [6, 6.07) is 11.3. The third-order valence-electron chi connectivity index (χ3n) is 3.26. The minimum absolute atomic E-state index is 0.0206. The van der Waals surface area contributed by atoms with Gasteiger partial charge in [-0.1, -0.05) is 12.1 Å². The molecule has 0 aliphatic rings. The Morgan fingerprint density at radius 1 is 1.30 bits per heavy atom. The van der Waals surface area contributed by atoms with E-state index >= 15 is 0 Å². The molecule has 3 aromatic rings. The number of rotatable bonds is 4. The predicted molar refractivity (Wildman–Crippen MR) is 83.7 cm³/mol. The summed E-state index contributed by atoms with van der Waals surface area (Å²) >= 11 is 0. The van der Waals surface area contributed by atoms with Crippen LogP contribution in [0.1, 0.15) is 10.4 Å². The van der Waals surface area contributed by atoms with Crippen LogP contribution >= 0.6 is 0 Å². The molecule has 8 heteroatoms. The fraction of sp³-hybridized carbons (Fsp3) is 0.0667. The molecule has 1 amide bonds. The molecule has 3 rings (SSSR count). The predicted octanol–water partition coefficient (Wildman–Crippen LogP) is 2.73. The maximum Gasteiger partial charge on any atom is 0.310 e. The Kier molecular flexibility index (Phi) is 3.63. The maximum absolute atomic E-state index is 12.2. The van der Waals surface area contributed by atoms with Crippen LogP contribution in [0, 0.1) is 10.1 Å². The standard InChI is InChI=1S/C15H12N4O4/c1-23-13-8-9(6-7-12(13)19(21)22)14(20)18-15-16-10-4-2-3-5-11(10)17-15/h2-8H,1H3,(H2,16,17,18,20). The molecule has 1 aromatic heterocycles. The lowest BCUT2D eigenvalue weighted by atomic mass is 10.2. The largest absolute Gasteiger partial charge is 0.490 e. The van der Waals surface area contributed by atoms with Gasteiger partial charge in [-0.15, -0.1) is 0 Å². The summed E-state index contributed by atoms with van der Waals surface area (Å²) in [6.07, 6.45) is 0. The normalized spacial score (nSPS) is 10.5. The molecule has 0 aliphatic heterocycles. The van der Waals surface area contributed by atoms with Gasteiger partial charge >= 0.3 is 5.69 Å². The molecule has 1 heterocycles. The lowest BCUT2D eigenvalue weighted by molar-refractivity contribution is -0.385. The van der Waals surface area contributed by atoms with Crippen LogP contribution in [0.15, 0.2) is 42.5 Å². The van der Waals surface area contributed by atoms with Crippen molar-refractivity contribution in [3.63, 3.8) is 0 Å². The van der Waals surface area contributed by atoms with Gasteiger partial charge in [0.25, 0.3) is 5.91 Å². The first kappa shape index (κ1) is 14.5. The Morgan fingerprint density at radius 3 is 2.78 bits per heavy atom. The van der Waals surface area contributed by atoms with Crippen LogP contribution in [0.2, 0.25) is 0 Å². The van der Waals surface area contributed by atoms with E-state index in [1.807, 2.05) is 24.3 Å². The number of hydrogen-bond acceptors (Lipinski definition) is 5. The van der Waals surface area contributed by atoms with Gasteiger partial charge in [-0.2, -0.15) is 0 Å². The molecule has 0 atom stereocenters. The number of anilines is 1. The van der Waals surface area contributed by atoms with Gasteiger partial charge in [-0.05, 0) is 18.2 Å². The third-order valence-corrected chi connectivity index (χ3v) is 3.26. The molecule has 116 valence electrons. The van der Waals surface area contributed by atoms with E-state index in [0.717, 1.165) is 11.0 Å². The molecule has 0 saturated heterocycles. The molecule has 0 unspecified atom stereocenters. The molecular weight excluding hydrogens is 300 g/mol. The van der Waals surface area contributed by atoms with Crippen molar-refractivity contribution >= 4 is 28.6 Å². The summed E-state index contributed by atoms with van der Waals surface area (Å²) in [5.41, 5.74) is 1.55. The van der Waals surface area contributed by atoms with Gasteiger partial charge < -0.3 is 9.72 Å². The summed E-state index contributed by atoms with van der Waals surface area (Å²) in [7, 11) is 1.31. The first-order valence-electron chi connectivity index (χ1n) is 6.67. The zero-order chi connectivity index (χ0) is 16.4. The number of carbonyl (C=O) groups is 1. The van der Waals surface area contributed by atoms with E-state index in [1.165, 1.54) is 25.3 Å². The lowest BCUT2D eigenvalue weighted by Crippen LogP contribution is -2.13. The van der Waals surface area contributed by atoms with E-state index in [1.54, 1.807) is 0 Å². The number of aromatic amines is 1. The fourth-order valence-corrected chi connectivity index (χ4v) is 2.16. The Hall–Kier alpha value is -3.42. The number of hydrogen-bond donors (Lipinski definition) is 2. The SMILES string of the molecule is COc1cc(C(=O)Nc2nc3ccccc3[nH]2)ccc1[N+](=O)[O-]. The van der Waals surface area contributed by atoms with Crippen molar-refractivity contribution in [1.82, 2.24) is 9.97 Å². The van der Waals surface area contributed by atoms with Gasteiger partial charge in [0.05, 0.1) is 23.1 Å². The highest BCUT2D eigenvalue weighted by molar-refractivity contribution is 6.04.